The van der Waals surface area contributed by atoms with Crippen LogP contribution in [0.2, 0.25) is 0 Å². The zero-order valence-electron chi connectivity index (χ0n) is 12.5. The van der Waals surface area contributed by atoms with Gasteiger partial charge in [-0.3, -0.25) is 4.68 Å². The van der Waals surface area contributed by atoms with Crippen LogP contribution in [0.5, 0.6) is 0 Å². The van der Waals surface area contributed by atoms with Gasteiger partial charge in [-0.05, 0) is 45.2 Å². The highest BCUT2D eigenvalue weighted by molar-refractivity contribution is 5.12. The first-order chi connectivity index (χ1) is 9.28. The van der Waals surface area contributed by atoms with Gasteiger partial charge in [0, 0.05) is 37.9 Å². The lowest BCUT2D eigenvalue weighted by Gasteiger charge is -2.30. The van der Waals surface area contributed by atoms with Gasteiger partial charge in [-0.25, -0.2) is 0 Å². The van der Waals surface area contributed by atoms with Gasteiger partial charge in [-0.15, -0.1) is 0 Å². The zero-order valence-corrected chi connectivity index (χ0v) is 12.5. The Morgan fingerprint density at radius 3 is 2.74 bits per heavy atom. The first-order valence-electron chi connectivity index (χ1n) is 7.59. The van der Waals surface area contributed by atoms with Crippen LogP contribution in [0.15, 0.2) is 6.07 Å². The summed E-state index contributed by atoms with van der Waals surface area (Å²) in [6.45, 7) is 7.12. The van der Waals surface area contributed by atoms with Crippen molar-refractivity contribution in [3.8, 4) is 0 Å². The molecular weight excluding hydrogens is 238 g/mol. The third-order valence-electron chi connectivity index (χ3n) is 4.21. The Morgan fingerprint density at radius 2 is 2.16 bits per heavy atom. The Morgan fingerprint density at radius 1 is 1.42 bits per heavy atom. The molecule has 4 heteroatoms. The van der Waals surface area contributed by atoms with E-state index in [9.17, 15) is 0 Å². The minimum atomic E-state index is 0.538. The van der Waals surface area contributed by atoms with Gasteiger partial charge in [0.2, 0.25) is 0 Å². The Balaban J connectivity index is 2.06. The molecule has 4 nitrogen and oxygen atoms in total. The number of hydrogen-bond acceptors (Lipinski definition) is 3. The third kappa shape index (κ3) is 3.57. The summed E-state index contributed by atoms with van der Waals surface area (Å²) in [5.41, 5.74) is 2.57. The van der Waals surface area contributed by atoms with E-state index in [2.05, 4.69) is 42.1 Å². The molecule has 1 N–H and O–H groups in total. The molecule has 1 atom stereocenters. The van der Waals surface area contributed by atoms with E-state index < -0.39 is 0 Å². The van der Waals surface area contributed by atoms with Crippen molar-refractivity contribution in [2.75, 3.05) is 20.3 Å². The van der Waals surface area contributed by atoms with Crippen LogP contribution in [-0.4, -0.2) is 36.1 Å². The Hall–Kier alpha value is -0.870. The van der Waals surface area contributed by atoms with Crippen LogP contribution in [0.3, 0.4) is 0 Å². The highest BCUT2D eigenvalue weighted by Gasteiger charge is 2.24. The third-order valence-corrected chi connectivity index (χ3v) is 4.21. The molecular formula is C15H27N3O. The van der Waals surface area contributed by atoms with Crippen LogP contribution >= 0.6 is 0 Å². The van der Waals surface area contributed by atoms with Crippen LogP contribution in [0.4, 0.5) is 0 Å². The number of likely N-dealkylation sites (N-methyl/N-ethyl adjacent to an activating group) is 1. The van der Waals surface area contributed by atoms with Crippen molar-refractivity contribution >= 4 is 0 Å². The molecule has 0 spiro atoms. The molecule has 108 valence electrons. The quantitative estimate of drug-likeness (QED) is 0.855. The lowest BCUT2D eigenvalue weighted by atomic mass is 9.89. The molecule has 2 heterocycles. The number of rotatable bonds is 6. The summed E-state index contributed by atoms with van der Waals surface area (Å²) in [5, 5.41) is 8.15. The fourth-order valence-electron chi connectivity index (χ4n) is 2.97. The molecule has 19 heavy (non-hydrogen) atoms. The van der Waals surface area contributed by atoms with Crippen molar-refractivity contribution < 1.29 is 4.74 Å². The maximum absolute atomic E-state index is 5.47. The fraction of sp³-hybridized carbons (Fsp3) is 0.800. The second-order valence-corrected chi connectivity index (χ2v) is 5.35. The topological polar surface area (TPSA) is 39.1 Å². The van der Waals surface area contributed by atoms with E-state index in [-0.39, 0.29) is 0 Å². The Kier molecular flexibility index (Phi) is 5.40. The minimum absolute atomic E-state index is 0.538. The van der Waals surface area contributed by atoms with E-state index >= 15 is 0 Å². The summed E-state index contributed by atoms with van der Waals surface area (Å²) in [5.74, 6) is 0.726. The largest absolute Gasteiger partial charge is 0.381 e. The van der Waals surface area contributed by atoms with Crippen LogP contribution in [-0.2, 0) is 24.1 Å². The summed E-state index contributed by atoms with van der Waals surface area (Å²) in [6, 6.07) is 2.81. The molecule has 0 radical (unpaired) electrons. The predicted molar refractivity (Wildman–Crippen MR) is 77.4 cm³/mol. The van der Waals surface area contributed by atoms with Crippen molar-refractivity contribution in [1.29, 1.82) is 0 Å². The standard InChI is InChI=1S/C15H27N3O/c1-4-13-10-14(18(5-2)17-13)11-15(16-3)12-6-8-19-9-7-12/h10,12,15-16H,4-9,11H2,1-3H3. The molecule has 1 saturated heterocycles. The molecule has 1 aliphatic heterocycles. The van der Waals surface area contributed by atoms with Crippen LogP contribution in [0.1, 0.15) is 38.1 Å². The highest BCUT2D eigenvalue weighted by Crippen LogP contribution is 2.22. The second-order valence-electron chi connectivity index (χ2n) is 5.35. The Bertz CT molecular complexity index is 383. The molecule has 0 aliphatic carbocycles. The average molecular weight is 265 g/mol. The maximum atomic E-state index is 5.47. The second kappa shape index (κ2) is 7.06. The number of aryl methyl sites for hydroxylation is 2. The first kappa shape index (κ1) is 14.5. The minimum Gasteiger partial charge on any atom is -0.381 e. The number of ether oxygens (including phenoxy) is 1. The summed E-state index contributed by atoms with van der Waals surface area (Å²) in [4.78, 5) is 0. The van der Waals surface area contributed by atoms with Crippen molar-refractivity contribution in [3.05, 3.63) is 17.5 Å². The monoisotopic (exact) mass is 265 g/mol. The van der Waals surface area contributed by atoms with Gasteiger partial charge < -0.3 is 10.1 Å². The van der Waals surface area contributed by atoms with Crippen molar-refractivity contribution in [3.63, 3.8) is 0 Å². The van der Waals surface area contributed by atoms with Gasteiger partial charge in [0.05, 0.1) is 5.69 Å². The Labute approximate surface area is 116 Å². The summed E-state index contributed by atoms with van der Waals surface area (Å²) in [6.07, 6.45) is 4.43. The van der Waals surface area contributed by atoms with Gasteiger partial charge in [0.25, 0.3) is 0 Å². The summed E-state index contributed by atoms with van der Waals surface area (Å²) in [7, 11) is 2.08. The molecule has 0 amide bonds. The fourth-order valence-corrected chi connectivity index (χ4v) is 2.97. The van der Waals surface area contributed by atoms with Crippen molar-refractivity contribution in [2.24, 2.45) is 5.92 Å². The lowest BCUT2D eigenvalue weighted by molar-refractivity contribution is 0.0545. The zero-order chi connectivity index (χ0) is 13.7. The predicted octanol–water partition coefficient (Wildman–Crippen LogP) is 2.02. The molecule has 1 aliphatic rings. The molecule has 2 rings (SSSR count). The SMILES string of the molecule is CCc1cc(CC(NC)C2CCOCC2)n(CC)n1. The van der Waals surface area contributed by atoms with Gasteiger partial charge in [0.1, 0.15) is 0 Å². The number of hydrogen-bond donors (Lipinski definition) is 1. The van der Waals surface area contributed by atoms with Gasteiger partial charge >= 0.3 is 0 Å². The average Bonchev–Trinajstić information content (AvgIpc) is 2.87. The molecule has 1 unspecified atom stereocenters. The van der Waals surface area contributed by atoms with E-state index in [0.29, 0.717) is 6.04 Å². The maximum Gasteiger partial charge on any atom is 0.0624 e. The van der Waals surface area contributed by atoms with Gasteiger partial charge in [-0.2, -0.15) is 5.10 Å². The normalized spacial score (nSPS) is 18.7. The molecule has 0 saturated carbocycles. The van der Waals surface area contributed by atoms with E-state index in [1.807, 2.05) is 0 Å². The van der Waals surface area contributed by atoms with E-state index in [4.69, 9.17) is 4.74 Å². The molecule has 1 fully saturated rings. The number of aromatic nitrogens is 2. The summed E-state index contributed by atoms with van der Waals surface area (Å²) < 4.78 is 7.62. The van der Waals surface area contributed by atoms with Gasteiger partial charge in [0.15, 0.2) is 0 Å². The molecule has 1 aromatic rings. The van der Waals surface area contributed by atoms with Crippen LogP contribution in [0.25, 0.3) is 0 Å². The van der Waals surface area contributed by atoms with Crippen LogP contribution in [0, 0.1) is 5.92 Å². The molecule has 0 aromatic carbocycles. The number of nitrogens with zero attached hydrogens (tertiary/aromatic N) is 2. The van der Waals surface area contributed by atoms with Gasteiger partial charge in [-0.1, -0.05) is 6.92 Å². The van der Waals surface area contributed by atoms with Crippen LogP contribution < -0.4 is 5.32 Å². The van der Waals surface area contributed by atoms with Crippen molar-refractivity contribution in [2.45, 2.75) is 52.1 Å². The molecule has 1 aromatic heterocycles. The summed E-state index contributed by atoms with van der Waals surface area (Å²) >= 11 is 0. The van der Waals surface area contributed by atoms with E-state index in [0.717, 1.165) is 38.5 Å². The van der Waals surface area contributed by atoms with E-state index in [1.54, 1.807) is 0 Å². The smallest absolute Gasteiger partial charge is 0.0624 e. The lowest BCUT2D eigenvalue weighted by Crippen LogP contribution is -2.39. The highest BCUT2D eigenvalue weighted by atomic mass is 16.5. The van der Waals surface area contributed by atoms with Crippen molar-refractivity contribution in [1.82, 2.24) is 15.1 Å². The first-order valence-corrected chi connectivity index (χ1v) is 7.59. The van der Waals surface area contributed by atoms with E-state index in [1.165, 1.54) is 24.2 Å². The molecule has 0 bridgehead atoms. The number of nitrogens with one attached hydrogen (secondary N) is 1.